The van der Waals surface area contributed by atoms with E-state index in [9.17, 15) is 5.11 Å². The molecule has 1 aromatic rings. The molecule has 0 aliphatic heterocycles. The number of methoxy groups -OCH3 is 2. The van der Waals surface area contributed by atoms with Gasteiger partial charge in [-0.2, -0.15) is 0 Å². The van der Waals surface area contributed by atoms with E-state index in [4.69, 9.17) is 19.3 Å². The zero-order chi connectivity index (χ0) is 14.1. The quantitative estimate of drug-likeness (QED) is 0.568. The molecule has 1 rings (SSSR count). The van der Waals surface area contributed by atoms with E-state index in [0.717, 1.165) is 5.56 Å². The fourth-order valence-electron chi connectivity index (χ4n) is 1.59. The molecule has 3 N–H and O–H groups in total. The van der Waals surface area contributed by atoms with Crippen LogP contribution in [0.1, 0.15) is 5.56 Å². The lowest BCUT2D eigenvalue weighted by molar-refractivity contribution is 0.0938. The first-order valence-corrected chi connectivity index (χ1v) is 6.06. The summed E-state index contributed by atoms with van der Waals surface area (Å²) in [6, 6.07) is 3.50. The smallest absolute Gasteiger partial charge is 0.200 e. The van der Waals surface area contributed by atoms with Gasteiger partial charge >= 0.3 is 0 Å². The number of aromatic hydroxyl groups is 1. The standard InChI is InChI=1S/C13H21NO5/c1-17-11-7-10(8-12(18-2)13(11)16)9-14-3-5-19-6-4-15/h7-8,14-16H,3-6,9H2,1-2H3. The van der Waals surface area contributed by atoms with Crippen molar-refractivity contribution in [3.63, 3.8) is 0 Å². The second kappa shape index (κ2) is 8.58. The molecule has 6 heteroatoms. The number of phenols is 1. The van der Waals surface area contributed by atoms with E-state index >= 15 is 0 Å². The second-order valence-corrected chi connectivity index (χ2v) is 3.86. The zero-order valence-corrected chi connectivity index (χ0v) is 11.3. The van der Waals surface area contributed by atoms with Crippen molar-refractivity contribution < 1.29 is 24.4 Å². The van der Waals surface area contributed by atoms with Gasteiger partial charge in [0.15, 0.2) is 11.5 Å². The number of aliphatic hydroxyl groups is 1. The molecule has 0 bridgehead atoms. The number of ether oxygens (including phenoxy) is 3. The highest BCUT2D eigenvalue weighted by Crippen LogP contribution is 2.36. The Morgan fingerprint density at radius 2 is 1.74 bits per heavy atom. The van der Waals surface area contributed by atoms with Crippen molar-refractivity contribution in [3.05, 3.63) is 17.7 Å². The fraction of sp³-hybridized carbons (Fsp3) is 0.538. The Morgan fingerprint density at radius 1 is 1.11 bits per heavy atom. The van der Waals surface area contributed by atoms with E-state index in [1.165, 1.54) is 14.2 Å². The molecule has 0 amide bonds. The van der Waals surface area contributed by atoms with Crippen molar-refractivity contribution in [2.45, 2.75) is 6.54 Å². The molecule has 108 valence electrons. The fourth-order valence-corrected chi connectivity index (χ4v) is 1.59. The van der Waals surface area contributed by atoms with Gasteiger partial charge in [-0.3, -0.25) is 0 Å². The van der Waals surface area contributed by atoms with Crippen LogP contribution < -0.4 is 14.8 Å². The van der Waals surface area contributed by atoms with E-state index in [1.807, 2.05) is 0 Å². The van der Waals surface area contributed by atoms with E-state index in [-0.39, 0.29) is 12.4 Å². The molecule has 0 atom stereocenters. The summed E-state index contributed by atoms with van der Waals surface area (Å²) in [6.45, 7) is 2.20. The van der Waals surface area contributed by atoms with Gasteiger partial charge in [-0.15, -0.1) is 0 Å². The van der Waals surface area contributed by atoms with Gasteiger partial charge < -0.3 is 29.7 Å². The number of benzene rings is 1. The summed E-state index contributed by atoms with van der Waals surface area (Å²) >= 11 is 0. The summed E-state index contributed by atoms with van der Waals surface area (Å²) in [5.41, 5.74) is 0.939. The van der Waals surface area contributed by atoms with Crippen molar-refractivity contribution in [1.82, 2.24) is 5.32 Å². The van der Waals surface area contributed by atoms with Gasteiger partial charge in [0.05, 0.1) is 34.0 Å². The molecule has 0 saturated carbocycles. The average molecular weight is 271 g/mol. The largest absolute Gasteiger partial charge is 0.502 e. The topological polar surface area (TPSA) is 80.2 Å². The van der Waals surface area contributed by atoms with E-state index in [0.29, 0.717) is 37.8 Å². The summed E-state index contributed by atoms with van der Waals surface area (Å²) in [5, 5.41) is 21.5. The molecule has 0 saturated heterocycles. The lowest BCUT2D eigenvalue weighted by Crippen LogP contribution is -2.20. The lowest BCUT2D eigenvalue weighted by atomic mass is 10.2. The molecule has 1 aromatic carbocycles. The summed E-state index contributed by atoms with van der Waals surface area (Å²) in [4.78, 5) is 0. The Morgan fingerprint density at radius 3 is 2.26 bits per heavy atom. The van der Waals surface area contributed by atoms with Crippen LogP contribution in [0.25, 0.3) is 0 Å². The van der Waals surface area contributed by atoms with Crippen LogP contribution >= 0.6 is 0 Å². The molecule has 19 heavy (non-hydrogen) atoms. The normalized spacial score (nSPS) is 10.5. The minimum atomic E-state index is 0.0000270. The SMILES string of the molecule is COc1cc(CNCCOCCO)cc(OC)c1O. The maximum absolute atomic E-state index is 9.77. The summed E-state index contributed by atoms with van der Waals surface area (Å²) < 4.78 is 15.3. The van der Waals surface area contributed by atoms with Gasteiger partial charge in [-0.25, -0.2) is 0 Å². The van der Waals surface area contributed by atoms with Gasteiger partial charge in [-0.05, 0) is 17.7 Å². The molecule has 0 radical (unpaired) electrons. The Kier molecular flexibility index (Phi) is 7.02. The first kappa shape index (κ1) is 15.6. The van der Waals surface area contributed by atoms with E-state index < -0.39 is 0 Å². The predicted octanol–water partition coefficient (Wildman–Crippen LogP) is 0.508. The van der Waals surface area contributed by atoms with Gasteiger partial charge in [-0.1, -0.05) is 0 Å². The zero-order valence-electron chi connectivity index (χ0n) is 11.3. The highest BCUT2D eigenvalue weighted by Gasteiger charge is 2.10. The molecule has 0 unspecified atom stereocenters. The molecule has 0 fully saturated rings. The molecule has 0 spiro atoms. The highest BCUT2D eigenvalue weighted by atomic mass is 16.5. The molecular weight excluding hydrogens is 250 g/mol. The molecule has 6 nitrogen and oxygen atoms in total. The minimum Gasteiger partial charge on any atom is -0.502 e. The van der Waals surface area contributed by atoms with E-state index in [1.54, 1.807) is 12.1 Å². The van der Waals surface area contributed by atoms with Crippen molar-refractivity contribution >= 4 is 0 Å². The van der Waals surface area contributed by atoms with Gasteiger partial charge in [0, 0.05) is 13.1 Å². The molecular formula is C13H21NO5. The number of rotatable bonds is 9. The Balaban J connectivity index is 2.49. The lowest BCUT2D eigenvalue weighted by Gasteiger charge is -2.12. The van der Waals surface area contributed by atoms with Crippen LogP contribution in [0.5, 0.6) is 17.2 Å². The minimum absolute atomic E-state index is 0.0000270. The maximum Gasteiger partial charge on any atom is 0.200 e. The molecule has 0 aromatic heterocycles. The van der Waals surface area contributed by atoms with Gasteiger partial charge in [0.2, 0.25) is 5.75 Å². The third kappa shape index (κ3) is 4.94. The number of aliphatic hydroxyl groups excluding tert-OH is 1. The van der Waals surface area contributed by atoms with Gasteiger partial charge in [0.25, 0.3) is 0 Å². The highest BCUT2D eigenvalue weighted by molar-refractivity contribution is 5.52. The third-order valence-corrected chi connectivity index (χ3v) is 2.53. The first-order chi connectivity index (χ1) is 9.22. The van der Waals surface area contributed by atoms with Crippen LogP contribution in [0, 0.1) is 0 Å². The number of phenolic OH excluding ortho intramolecular Hbond substituents is 1. The van der Waals surface area contributed by atoms with Crippen molar-refractivity contribution in [1.29, 1.82) is 0 Å². The number of hydrogen-bond donors (Lipinski definition) is 3. The van der Waals surface area contributed by atoms with Crippen LogP contribution in [0.3, 0.4) is 0 Å². The van der Waals surface area contributed by atoms with Crippen molar-refractivity contribution in [2.75, 3.05) is 40.6 Å². The van der Waals surface area contributed by atoms with Crippen molar-refractivity contribution in [2.24, 2.45) is 0 Å². The van der Waals surface area contributed by atoms with Crippen LogP contribution in [0.4, 0.5) is 0 Å². The number of nitrogens with one attached hydrogen (secondary N) is 1. The molecule has 0 aliphatic rings. The maximum atomic E-state index is 9.77. The first-order valence-electron chi connectivity index (χ1n) is 6.06. The summed E-state index contributed by atoms with van der Waals surface area (Å²) in [7, 11) is 2.99. The van der Waals surface area contributed by atoms with Gasteiger partial charge in [0.1, 0.15) is 0 Å². The number of hydrogen-bond acceptors (Lipinski definition) is 6. The Bertz CT molecular complexity index is 358. The summed E-state index contributed by atoms with van der Waals surface area (Å²) in [5.74, 6) is 0.764. The van der Waals surface area contributed by atoms with Crippen LogP contribution in [-0.2, 0) is 11.3 Å². The second-order valence-electron chi connectivity index (χ2n) is 3.86. The third-order valence-electron chi connectivity index (χ3n) is 2.53. The van der Waals surface area contributed by atoms with Crippen LogP contribution in [0.2, 0.25) is 0 Å². The molecule has 0 heterocycles. The average Bonchev–Trinajstić information content (AvgIpc) is 2.44. The molecule has 0 aliphatic carbocycles. The van der Waals surface area contributed by atoms with Crippen LogP contribution in [0.15, 0.2) is 12.1 Å². The van der Waals surface area contributed by atoms with Crippen LogP contribution in [-0.4, -0.2) is 50.8 Å². The van der Waals surface area contributed by atoms with E-state index in [2.05, 4.69) is 5.32 Å². The predicted molar refractivity (Wildman–Crippen MR) is 70.8 cm³/mol. The van der Waals surface area contributed by atoms with Crippen molar-refractivity contribution in [3.8, 4) is 17.2 Å². The monoisotopic (exact) mass is 271 g/mol. The Hall–Kier alpha value is -1.50. The Labute approximate surface area is 112 Å². The summed E-state index contributed by atoms with van der Waals surface area (Å²) in [6.07, 6.45) is 0.